The molecule has 2 aromatic carbocycles. The number of hydrogen-bond acceptors (Lipinski definition) is 5. The lowest BCUT2D eigenvalue weighted by Gasteiger charge is -2.06. The van der Waals surface area contributed by atoms with Gasteiger partial charge in [-0.2, -0.15) is 5.10 Å². The average Bonchev–Trinajstić information content (AvgIpc) is 2.62. The number of nitro benzene ring substituents is 1. The van der Waals surface area contributed by atoms with Crippen LogP contribution in [0.4, 0.5) is 5.69 Å². The fraction of sp³-hybridized carbons (Fsp3) is 0.222. The summed E-state index contributed by atoms with van der Waals surface area (Å²) in [5.74, 6) is 0.227. The molecule has 0 aliphatic heterocycles. The Morgan fingerprint density at radius 1 is 1.20 bits per heavy atom. The van der Waals surface area contributed by atoms with E-state index in [-0.39, 0.29) is 12.3 Å². The SMILES string of the molecule is CCCc1ccc(OCC(=O)NN=Cc2ccc([N+](=O)[O-])cc2)cc1. The summed E-state index contributed by atoms with van der Waals surface area (Å²) < 4.78 is 5.38. The average molecular weight is 341 g/mol. The Kier molecular flexibility index (Phi) is 6.65. The Hall–Kier alpha value is -3.22. The molecule has 0 fully saturated rings. The Morgan fingerprint density at radius 2 is 1.88 bits per heavy atom. The minimum Gasteiger partial charge on any atom is -0.484 e. The molecule has 0 saturated heterocycles. The van der Waals surface area contributed by atoms with Crippen molar-refractivity contribution >= 4 is 17.8 Å². The summed E-state index contributed by atoms with van der Waals surface area (Å²) in [5.41, 5.74) is 4.21. The highest BCUT2D eigenvalue weighted by Crippen LogP contribution is 2.13. The largest absolute Gasteiger partial charge is 0.484 e. The molecule has 0 aliphatic carbocycles. The van der Waals surface area contributed by atoms with Crippen molar-refractivity contribution in [3.63, 3.8) is 0 Å². The molecule has 1 N–H and O–H groups in total. The monoisotopic (exact) mass is 341 g/mol. The lowest BCUT2D eigenvalue weighted by Crippen LogP contribution is -2.24. The van der Waals surface area contributed by atoms with E-state index in [2.05, 4.69) is 17.5 Å². The summed E-state index contributed by atoms with van der Waals surface area (Å²) in [6.45, 7) is 1.97. The maximum absolute atomic E-state index is 11.7. The molecule has 2 rings (SSSR count). The number of hydrazone groups is 1. The third kappa shape index (κ3) is 6.06. The quantitative estimate of drug-likeness (QED) is 0.453. The number of nitrogens with zero attached hydrogens (tertiary/aromatic N) is 2. The number of rotatable bonds is 8. The van der Waals surface area contributed by atoms with Crippen LogP contribution in [-0.2, 0) is 11.2 Å². The molecule has 0 aliphatic rings. The van der Waals surface area contributed by atoms with Crippen LogP contribution in [0.2, 0.25) is 0 Å². The molecule has 0 spiro atoms. The molecule has 0 heterocycles. The van der Waals surface area contributed by atoms with E-state index in [0.717, 1.165) is 12.8 Å². The van der Waals surface area contributed by atoms with Gasteiger partial charge < -0.3 is 4.74 Å². The van der Waals surface area contributed by atoms with Crippen LogP contribution in [0.15, 0.2) is 53.6 Å². The van der Waals surface area contributed by atoms with Crippen molar-refractivity contribution in [2.75, 3.05) is 6.61 Å². The zero-order valence-corrected chi connectivity index (χ0v) is 13.8. The van der Waals surface area contributed by atoms with Gasteiger partial charge in [-0.25, -0.2) is 5.43 Å². The molecule has 7 heteroatoms. The molecule has 0 unspecified atom stereocenters. The normalized spacial score (nSPS) is 10.6. The number of benzene rings is 2. The minimum absolute atomic E-state index is 0.000425. The molecule has 1 amide bonds. The van der Waals surface area contributed by atoms with Crippen molar-refractivity contribution in [2.45, 2.75) is 19.8 Å². The predicted molar refractivity (Wildman–Crippen MR) is 94.8 cm³/mol. The van der Waals surface area contributed by atoms with Crippen LogP contribution in [0.3, 0.4) is 0 Å². The summed E-state index contributed by atoms with van der Waals surface area (Å²) >= 11 is 0. The highest BCUT2D eigenvalue weighted by atomic mass is 16.6. The number of ether oxygens (including phenoxy) is 1. The molecule has 2 aromatic rings. The molecule has 25 heavy (non-hydrogen) atoms. The van der Waals surface area contributed by atoms with Gasteiger partial charge in [-0.15, -0.1) is 0 Å². The van der Waals surface area contributed by atoms with Crippen LogP contribution < -0.4 is 10.2 Å². The third-order valence-corrected chi connectivity index (χ3v) is 3.34. The summed E-state index contributed by atoms with van der Waals surface area (Å²) in [7, 11) is 0. The molecular weight excluding hydrogens is 322 g/mol. The van der Waals surface area contributed by atoms with Crippen molar-refractivity contribution < 1.29 is 14.5 Å². The summed E-state index contributed by atoms with van der Waals surface area (Å²) in [4.78, 5) is 21.8. The first-order chi connectivity index (χ1) is 12.1. The van der Waals surface area contributed by atoms with E-state index in [1.165, 1.54) is 23.9 Å². The topological polar surface area (TPSA) is 93.8 Å². The van der Waals surface area contributed by atoms with E-state index in [9.17, 15) is 14.9 Å². The van der Waals surface area contributed by atoms with Gasteiger partial charge in [0.05, 0.1) is 11.1 Å². The predicted octanol–water partition coefficient (Wildman–Crippen LogP) is 3.08. The van der Waals surface area contributed by atoms with Crippen LogP contribution in [0.5, 0.6) is 5.75 Å². The van der Waals surface area contributed by atoms with E-state index in [0.29, 0.717) is 11.3 Å². The lowest BCUT2D eigenvalue weighted by molar-refractivity contribution is -0.384. The van der Waals surface area contributed by atoms with Crippen LogP contribution in [0.25, 0.3) is 0 Å². The Labute approximate surface area is 145 Å². The van der Waals surface area contributed by atoms with E-state index in [1.54, 1.807) is 12.1 Å². The molecule has 0 bridgehead atoms. The lowest BCUT2D eigenvalue weighted by atomic mass is 10.1. The summed E-state index contributed by atoms with van der Waals surface area (Å²) in [5, 5.41) is 14.3. The fourth-order valence-electron chi connectivity index (χ4n) is 2.08. The second-order valence-corrected chi connectivity index (χ2v) is 5.32. The minimum atomic E-state index is -0.477. The van der Waals surface area contributed by atoms with Gasteiger partial charge in [-0.1, -0.05) is 25.5 Å². The second kappa shape index (κ2) is 9.17. The number of non-ortho nitro benzene ring substituents is 1. The number of nitrogens with one attached hydrogen (secondary N) is 1. The van der Waals surface area contributed by atoms with Crippen molar-refractivity contribution in [3.05, 3.63) is 69.8 Å². The maximum Gasteiger partial charge on any atom is 0.277 e. The van der Waals surface area contributed by atoms with E-state index >= 15 is 0 Å². The molecule has 7 nitrogen and oxygen atoms in total. The first-order valence-corrected chi connectivity index (χ1v) is 7.86. The molecular formula is C18H19N3O4. The smallest absolute Gasteiger partial charge is 0.277 e. The second-order valence-electron chi connectivity index (χ2n) is 5.32. The van der Waals surface area contributed by atoms with Crippen molar-refractivity contribution in [2.24, 2.45) is 5.10 Å². The summed E-state index contributed by atoms with van der Waals surface area (Å²) in [6, 6.07) is 13.4. The van der Waals surface area contributed by atoms with Gasteiger partial charge in [0.2, 0.25) is 0 Å². The number of carbonyl (C=O) groups is 1. The fourth-order valence-corrected chi connectivity index (χ4v) is 2.08. The van der Waals surface area contributed by atoms with Gasteiger partial charge in [0.25, 0.3) is 11.6 Å². The van der Waals surface area contributed by atoms with Crippen LogP contribution in [-0.4, -0.2) is 23.7 Å². The Balaban J connectivity index is 1.77. The van der Waals surface area contributed by atoms with Crippen molar-refractivity contribution in [1.29, 1.82) is 0 Å². The van der Waals surface area contributed by atoms with Crippen LogP contribution in [0.1, 0.15) is 24.5 Å². The van der Waals surface area contributed by atoms with Crippen LogP contribution >= 0.6 is 0 Å². The van der Waals surface area contributed by atoms with Crippen LogP contribution in [0, 0.1) is 10.1 Å². The van der Waals surface area contributed by atoms with Gasteiger partial charge in [0, 0.05) is 12.1 Å². The zero-order chi connectivity index (χ0) is 18.1. The van der Waals surface area contributed by atoms with Crippen molar-refractivity contribution in [3.8, 4) is 5.75 Å². The maximum atomic E-state index is 11.7. The van der Waals surface area contributed by atoms with Gasteiger partial charge in [0.15, 0.2) is 6.61 Å². The Morgan fingerprint density at radius 3 is 2.48 bits per heavy atom. The van der Waals surface area contributed by atoms with Gasteiger partial charge in [-0.05, 0) is 41.8 Å². The number of hydrogen-bond donors (Lipinski definition) is 1. The van der Waals surface area contributed by atoms with Crippen molar-refractivity contribution in [1.82, 2.24) is 5.43 Å². The van der Waals surface area contributed by atoms with Gasteiger partial charge >= 0.3 is 0 Å². The number of nitro groups is 1. The summed E-state index contributed by atoms with van der Waals surface area (Å²) in [6.07, 6.45) is 3.49. The standard InChI is InChI=1S/C18H19N3O4/c1-2-3-14-6-10-17(11-7-14)25-13-18(22)20-19-12-15-4-8-16(9-5-15)21(23)24/h4-12H,2-3,13H2,1H3,(H,20,22). The molecule has 0 aromatic heterocycles. The molecule has 0 saturated carbocycles. The molecule has 0 radical (unpaired) electrons. The molecule has 130 valence electrons. The first-order valence-electron chi connectivity index (χ1n) is 7.86. The van der Waals surface area contributed by atoms with E-state index in [1.807, 2.05) is 24.3 Å². The van der Waals surface area contributed by atoms with Gasteiger partial charge in [0.1, 0.15) is 5.75 Å². The van der Waals surface area contributed by atoms with E-state index in [4.69, 9.17) is 4.74 Å². The van der Waals surface area contributed by atoms with E-state index < -0.39 is 10.8 Å². The first kappa shape index (κ1) is 18.1. The zero-order valence-electron chi connectivity index (χ0n) is 13.8. The third-order valence-electron chi connectivity index (χ3n) is 3.34. The molecule has 0 atom stereocenters. The number of aryl methyl sites for hydroxylation is 1. The Bertz CT molecular complexity index is 740. The van der Waals surface area contributed by atoms with Gasteiger partial charge in [-0.3, -0.25) is 14.9 Å². The highest BCUT2D eigenvalue weighted by Gasteiger charge is 2.03. The number of amides is 1. The highest BCUT2D eigenvalue weighted by molar-refractivity contribution is 5.83. The number of carbonyl (C=O) groups excluding carboxylic acids is 1.